The molecule has 13 heavy (non-hydrogen) atoms. The normalized spacial score (nSPS) is 15.4. The highest BCUT2D eigenvalue weighted by Crippen LogP contribution is 2.25. The number of aliphatic carboxylic acids is 1. The Balaban J connectivity index is 2.26. The molecule has 2 N–H and O–H groups in total. The fourth-order valence-electron chi connectivity index (χ4n) is 1.50. The van der Waals surface area contributed by atoms with Gasteiger partial charge in [-0.05, 0) is 17.7 Å². The first-order valence-corrected chi connectivity index (χ1v) is 5.27. The van der Waals surface area contributed by atoms with Crippen molar-refractivity contribution >= 4 is 17.7 Å². The van der Waals surface area contributed by atoms with Gasteiger partial charge in [0.15, 0.2) is 0 Å². The predicted molar refractivity (Wildman–Crippen MR) is 49.8 cm³/mol. The van der Waals surface area contributed by atoms with Crippen molar-refractivity contribution in [3.63, 3.8) is 0 Å². The van der Waals surface area contributed by atoms with E-state index in [0.717, 1.165) is 29.2 Å². The van der Waals surface area contributed by atoms with Gasteiger partial charge in [0, 0.05) is 11.4 Å². The van der Waals surface area contributed by atoms with Crippen molar-refractivity contribution in [3.05, 3.63) is 17.0 Å². The van der Waals surface area contributed by atoms with Crippen LogP contribution in [0.25, 0.3) is 0 Å². The van der Waals surface area contributed by atoms with Crippen LogP contribution in [0.15, 0.2) is 0 Å². The van der Waals surface area contributed by atoms with Crippen LogP contribution in [0.5, 0.6) is 0 Å². The predicted octanol–water partition coefficient (Wildman–Crippen LogP) is 0.826. The molecular weight excluding hydrogens is 188 g/mol. The quantitative estimate of drug-likeness (QED) is 0.738. The molecule has 0 saturated heterocycles. The van der Waals surface area contributed by atoms with Crippen LogP contribution in [0.1, 0.15) is 17.0 Å². The Bertz CT molecular complexity index is 335. The molecule has 0 aromatic carbocycles. The molecule has 4 nitrogen and oxygen atoms in total. The average molecular weight is 198 g/mol. The zero-order chi connectivity index (χ0) is 9.26. The molecule has 0 fully saturated rings. The van der Waals surface area contributed by atoms with Crippen molar-refractivity contribution in [1.29, 1.82) is 0 Å². The third-order valence-corrected chi connectivity index (χ3v) is 3.09. The van der Waals surface area contributed by atoms with E-state index in [2.05, 4.69) is 10.2 Å². The first-order valence-electron chi connectivity index (χ1n) is 4.12. The number of carbonyl (C=O) groups is 1. The Morgan fingerprint density at radius 2 is 2.54 bits per heavy atom. The molecule has 1 aromatic rings. The maximum Gasteiger partial charge on any atom is 0.309 e. The molecular formula is C8H10N2O2S. The van der Waals surface area contributed by atoms with Gasteiger partial charge in [0.25, 0.3) is 0 Å². The second kappa shape index (κ2) is 3.41. The summed E-state index contributed by atoms with van der Waals surface area (Å²) < 4.78 is 0. The van der Waals surface area contributed by atoms with Gasteiger partial charge in [0.05, 0.1) is 12.1 Å². The van der Waals surface area contributed by atoms with E-state index in [-0.39, 0.29) is 6.42 Å². The molecule has 0 spiro atoms. The molecule has 0 bridgehead atoms. The van der Waals surface area contributed by atoms with Crippen molar-refractivity contribution in [2.24, 2.45) is 0 Å². The molecule has 0 aliphatic carbocycles. The summed E-state index contributed by atoms with van der Waals surface area (Å²) in [5.74, 6) is 1.19. The highest BCUT2D eigenvalue weighted by molar-refractivity contribution is 7.98. The topological polar surface area (TPSA) is 66.0 Å². The Kier molecular flexibility index (Phi) is 2.26. The maximum atomic E-state index is 10.5. The van der Waals surface area contributed by atoms with Crippen LogP contribution < -0.4 is 0 Å². The number of thioether (sulfide) groups is 1. The molecule has 5 heteroatoms. The van der Waals surface area contributed by atoms with Crippen LogP contribution in [-0.4, -0.2) is 27.0 Å². The van der Waals surface area contributed by atoms with E-state index in [9.17, 15) is 4.79 Å². The van der Waals surface area contributed by atoms with E-state index < -0.39 is 5.97 Å². The van der Waals surface area contributed by atoms with Crippen molar-refractivity contribution < 1.29 is 9.90 Å². The molecule has 2 heterocycles. The average Bonchev–Trinajstić information content (AvgIpc) is 2.48. The first kappa shape index (κ1) is 8.62. The number of H-pyrrole nitrogens is 1. The van der Waals surface area contributed by atoms with Crippen LogP contribution >= 0.6 is 11.8 Å². The number of aromatic nitrogens is 2. The molecule has 0 unspecified atom stereocenters. The summed E-state index contributed by atoms with van der Waals surface area (Å²) >= 11 is 1.85. The van der Waals surface area contributed by atoms with E-state index in [1.807, 2.05) is 11.8 Å². The Morgan fingerprint density at radius 3 is 3.31 bits per heavy atom. The number of carboxylic acids is 1. The van der Waals surface area contributed by atoms with Crippen LogP contribution in [0.3, 0.4) is 0 Å². The maximum absolute atomic E-state index is 10.5. The van der Waals surface area contributed by atoms with Gasteiger partial charge in [-0.2, -0.15) is 16.9 Å². The Hall–Kier alpha value is -0.970. The van der Waals surface area contributed by atoms with E-state index in [1.165, 1.54) is 0 Å². The van der Waals surface area contributed by atoms with Gasteiger partial charge in [0.2, 0.25) is 0 Å². The summed E-state index contributed by atoms with van der Waals surface area (Å²) in [6.45, 7) is 0. The fraction of sp³-hybridized carbons (Fsp3) is 0.500. The fourth-order valence-corrected chi connectivity index (χ4v) is 2.43. The lowest BCUT2D eigenvalue weighted by Crippen LogP contribution is -2.06. The third-order valence-electron chi connectivity index (χ3n) is 2.10. The van der Waals surface area contributed by atoms with E-state index in [1.54, 1.807) is 0 Å². The SMILES string of the molecule is O=C(O)Cc1n[nH]c2c1CCSC2. The molecule has 2 rings (SSSR count). The molecule has 1 aromatic heterocycles. The van der Waals surface area contributed by atoms with Crippen LogP contribution in [0, 0.1) is 0 Å². The van der Waals surface area contributed by atoms with Gasteiger partial charge in [-0.3, -0.25) is 9.89 Å². The number of hydrogen-bond acceptors (Lipinski definition) is 3. The van der Waals surface area contributed by atoms with Gasteiger partial charge < -0.3 is 5.11 Å². The van der Waals surface area contributed by atoms with Gasteiger partial charge in [-0.25, -0.2) is 0 Å². The molecule has 70 valence electrons. The van der Waals surface area contributed by atoms with Crippen molar-refractivity contribution in [1.82, 2.24) is 10.2 Å². The standard InChI is InChI=1S/C8H10N2O2S/c11-8(12)3-6-5-1-2-13-4-7(5)10-9-6/h1-4H2,(H,9,10)(H,11,12). The number of rotatable bonds is 2. The Morgan fingerprint density at radius 1 is 1.69 bits per heavy atom. The molecule has 1 aliphatic heterocycles. The Labute approximate surface area is 79.7 Å². The summed E-state index contributed by atoms with van der Waals surface area (Å²) in [7, 11) is 0. The molecule has 0 radical (unpaired) electrons. The van der Waals surface area contributed by atoms with E-state index >= 15 is 0 Å². The minimum atomic E-state index is -0.812. The van der Waals surface area contributed by atoms with Gasteiger partial charge in [-0.15, -0.1) is 0 Å². The van der Waals surface area contributed by atoms with Crippen molar-refractivity contribution in [2.75, 3.05) is 5.75 Å². The van der Waals surface area contributed by atoms with E-state index in [0.29, 0.717) is 5.69 Å². The zero-order valence-corrected chi connectivity index (χ0v) is 7.86. The second-order valence-corrected chi connectivity index (χ2v) is 4.11. The lowest BCUT2D eigenvalue weighted by molar-refractivity contribution is -0.136. The highest BCUT2D eigenvalue weighted by Gasteiger charge is 2.18. The summed E-state index contributed by atoms with van der Waals surface area (Å²) in [4.78, 5) is 10.5. The largest absolute Gasteiger partial charge is 0.481 e. The second-order valence-electron chi connectivity index (χ2n) is 3.00. The minimum Gasteiger partial charge on any atom is -0.481 e. The monoisotopic (exact) mass is 198 g/mol. The number of carboxylic acid groups (broad SMARTS) is 1. The molecule has 0 saturated carbocycles. The smallest absolute Gasteiger partial charge is 0.309 e. The molecule has 0 amide bonds. The third kappa shape index (κ3) is 1.70. The summed E-state index contributed by atoms with van der Waals surface area (Å²) in [5, 5.41) is 15.5. The minimum absolute atomic E-state index is 0.0382. The lowest BCUT2D eigenvalue weighted by atomic mass is 10.1. The highest BCUT2D eigenvalue weighted by atomic mass is 32.2. The number of fused-ring (bicyclic) bond motifs is 1. The van der Waals surface area contributed by atoms with Gasteiger partial charge >= 0.3 is 5.97 Å². The van der Waals surface area contributed by atoms with Gasteiger partial charge in [-0.1, -0.05) is 0 Å². The van der Waals surface area contributed by atoms with Gasteiger partial charge in [0.1, 0.15) is 0 Å². The van der Waals surface area contributed by atoms with Crippen LogP contribution in [0.2, 0.25) is 0 Å². The molecule has 0 atom stereocenters. The summed E-state index contributed by atoms with van der Waals surface area (Å²) in [6.07, 6.45) is 0.982. The summed E-state index contributed by atoms with van der Waals surface area (Å²) in [5.41, 5.74) is 2.94. The van der Waals surface area contributed by atoms with Crippen molar-refractivity contribution in [2.45, 2.75) is 18.6 Å². The summed E-state index contributed by atoms with van der Waals surface area (Å²) in [6, 6.07) is 0. The van der Waals surface area contributed by atoms with Crippen molar-refractivity contribution in [3.8, 4) is 0 Å². The van der Waals surface area contributed by atoms with Crippen LogP contribution in [-0.2, 0) is 23.4 Å². The number of nitrogens with one attached hydrogen (secondary N) is 1. The number of nitrogens with zero attached hydrogens (tertiary/aromatic N) is 1. The number of aromatic amines is 1. The first-order chi connectivity index (χ1) is 6.27. The zero-order valence-electron chi connectivity index (χ0n) is 7.04. The number of hydrogen-bond donors (Lipinski definition) is 2. The van der Waals surface area contributed by atoms with Crippen LogP contribution in [0.4, 0.5) is 0 Å². The molecule has 1 aliphatic rings. The van der Waals surface area contributed by atoms with E-state index in [4.69, 9.17) is 5.11 Å². The lowest BCUT2D eigenvalue weighted by Gasteiger charge is -2.09.